The van der Waals surface area contributed by atoms with Gasteiger partial charge in [-0.2, -0.15) is 0 Å². The Hall–Kier alpha value is -1.30. The number of benzene rings is 2. The number of halogens is 2. The molecule has 0 fully saturated rings. The van der Waals surface area contributed by atoms with Crippen molar-refractivity contribution in [3.8, 4) is 34.5 Å². The van der Waals surface area contributed by atoms with Gasteiger partial charge in [-0.15, -0.1) is 0 Å². The van der Waals surface area contributed by atoms with Crippen molar-refractivity contribution in [3.63, 3.8) is 0 Å². The van der Waals surface area contributed by atoms with Gasteiger partial charge in [0.1, 0.15) is 0 Å². The van der Waals surface area contributed by atoms with Crippen LogP contribution in [-0.4, -0.2) is 28.4 Å². The molecule has 0 radical (unpaired) electrons. The van der Waals surface area contributed by atoms with Gasteiger partial charge in [0.05, 0.1) is 0 Å². The Balaban J connectivity index is 2.64. The minimum atomic E-state index is -0.916. The predicted octanol–water partition coefficient (Wildman–Crippen LogP) is 3.30. The Kier molecular flexibility index (Phi) is 9.05. The van der Waals surface area contributed by atoms with Crippen LogP contribution in [0.5, 0.6) is 34.5 Å². The van der Waals surface area contributed by atoms with Crippen molar-refractivity contribution >= 4 is 23.0 Å². The van der Waals surface area contributed by atoms with E-state index in [9.17, 15) is 0 Å². The second kappa shape index (κ2) is 10.8. The monoisotopic (exact) mass is 671 g/mol. The van der Waals surface area contributed by atoms with Crippen LogP contribution in [0.3, 0.4) is 0 Å². The van der Waals surface area contributed by atoms with Crippen LogP contribution in [0, 0.1) is 3.57 Å². The molecule has 0 aliphatic rings. The summed E-state index contributed by atoms with van der Waals surface area (Å²) in [5, 5.41) is 0. The fraction of sp³-hybridized carbons (Fsp3) is 0.500. The first-order valence-corrected chi connectivity index (χ1v) is 12.9. The third-order valence-electron chi connectivity index (χ3n) is 4.90. The van der Waals surface area contributed by atoms with Crippen molar-refractivity contribution in [1.29, 1.82) is 0 Å². The van der Waals surface area contributed by atoms with Crippen LogP contribution in [0.25, 0.3) is 0 Å². The van der Waals surface area contributed by atoms with E-state index in [1.54, 1.807) is 28.4 Å². The molecule has 6 nitrogen and oxygen atoms in total. The first-order valence-electron chi connectivity index (χ1n) is 10.1. The maximum atomic E-state index is 6.52. The van der Waals surface area contributed by atoms with Gasteiger partial charge < -0.3 is 0 Å². The molecule has 2 rings (SSSR count). The quantitative estimate of drug-likeness (QED) is 0.402. The molecule has 2 aromatic carbocycles. The molecule has 0 saturated heterocycles. The van der Waals surface area contributed by atoms with E-state index in [2.05, 4.69) is 41.5 Å². The Bertz CT molecular complexity index is 945. The Morgan fingerprint density at radius 1 is 0.656 bits per heavy atom. The van der Waals surface area contributed by atoms with Crippen molar-refractivity contribution in [2.24, 2.45) is 0 Å². The summed E-state index contributed by atoms with van der Waals surface area (Å²) in [6.07, 6.45) is 0. The fourth-order valence-corrected chi connectivity index (χ4v) is 6.30. The van der Waals surface area contributed by atoms with E-state index in [4.69, 9.17) is 25.1 Å². The third kappa shape index (κ3) is 5.78. The summed E-state index contributed by atoms with van der Waals surface area (Å²) in [7, 11) is 6.51. The predicted molar refractivity (Wildman–Crippen MR) is 130 cm³/mol. The van der Waals surface area contributed by atoms with Crippen LogP contribution in [0.2, 0.25) is 0 Å². The third-order valence-corrected chi connectivity index (χ3v) is 7.36. The van der Waals surface area contributed by atoms with E-state index >= 15 is 0 Å². The number of methoxy groups -OCH3 is 4. The first kappa shape index (κ1) is 26.9. The molecule has 2 aromatic rings. The SMILES string of the molecule is COc1cc(O[I-]c2cc(OC)c(OC)c(OI)c2C(C)(C)C)c(C(C)(C)C)cc1OC. The maximum absolute atomic E-state index is 6.52. The van der Waals surface area contributed by atoms with Crippen LogP contribution in [0.1, 0.15) is 52.7 Å². The van der Waals surface area contributed by atoms with Gasteiger partial charge in [0.15, 0.2) is 0 Å². The molecular formula is C24H33I2O6-. The Morgan fingerprint density at radius 2 is 1.22 bits per heavy atom. The molecule has 0 spiro atoms. The van der Waals surface area contributed by atoms with E-state index < -0.39 is 21.6 Å². The van der Waals surface area contributed by atoms with Gasteiger partial charge in [-0.25, -0.2) is 0 Å². The molecule has 0 bridgehead atoms. The molecule has 0 aromatic heterocycles. The summed E-state index contributed by atoms with van der Waals surface area (Å²) < 4.78 is 35.6. The summed E-state index contributed by atoms with van der Waals surface area (Å²) in [6.45, 7) is 12.9. The minimum absolute atomic E-state index is 0.139. The van der Waals surface area contributed by atoms with Crippen molar-refractivity contribution in [2.75, 3.05) is 28.4 Å². The summed E-state index contributed by atoms with van der Waals surface area (Å²) >= 11 is 0.980. The van der Waals surface area contributed by atoms with Gasteiger partial charge in [0.25, 0.3) is 0 Å². The van der Waals surface area contributed by atoms with Gasteiger partial charge in [0, 0.05) is 0 Å². The van der Waals surface area contributed by atoms with Crippen molar-refractivity contribution in [2.45, 2.75) is 52.4 Å². The van der Waals surface area contributed by atoms with Crippen LogP contribution in [0.15, 0.2) is 18.2 Å². The molecule has 0 N–H and O–H groups in total. The zero-order chi connectivity index (χ0) is 24.3. The topological polar surface area (TPSA) is 55.4 Å². The van der Waals surface area contributed by atoms with Gasteiger partial charge in [-0.05, 0) is 0 Å². The summed E-state index contributed by atoms with van der Waals surface area (Å²) in [6, 6.07) is 5.91. The molecule has 180 valence electrons. The molecule has 0 unspecified atom stereocenters. The standard InChI is InChI=1S/C24H33I2O6/c1-23(2,3)14-11-17(27-7)18(28-8)13-16(14)32-26-15-12-19(29-9)21(30-10)22(31-25)20(15)24(4,5)6/h11-13H,1-10H3/q-1. The van der Waals surface area contributed by atoms with Gasteiger partial charge in [0.2, 0.25) is 0 Å². The van der Waals surface area contributed by atoms with Crippen molar-refractivity contribution in [1.82, 2.24) is 0 Å². The Labute approximate surface area is 216 Å². The van der Waals surface area contributed by atoms with Crippen LogP contribution >= 0.6 is 23.0 Å². The van der Waals surface area contributed by atoms with Crippen molar-refractivity contribution < 1.29 is 46.7 Å². The molecule has 0 aliphatic carbocycles. The second-order valence-electron chi connectivity index (χ2n) is 9.23. The van der Waals surface area contributed by atoms with Gasteiger partial charge >= 0.3 is 218 Å². The van der Waals surface area contributed by atoms with Gasteiger partial charge in [-0.1, -0.05) is 0 Å². The van der Waals surface area contributed by atoms with Gasteiger partial charge in [-0.3, -0.25) is 0 Å². The number of rotatable bonds is 8. The van der Waals surface area contributed by atoms with E-state index in [-0.39, 0.29) is 10.8 Å². The number of hydrogen-bond donors (Lipinski definition) is 0. The van der Waals surface area contributed by atoms with E-state index in [0.29, 0.717) is 28.7 Å². The number of hydrogen-bond acceptors (Lipinski definition) is 6. The van der Waals surface area contributed by atoms with E-state index in [1.165, 1.54) is 0 Å². The fourth-order valence-electron chi connectivity index (χ4n) is 3.36. The summed E-state index contributed by atoms with van der Waals surface area (Å²) in [5.74, 6) is 3.98. The number of ether oxygens (including phenoxy) is 4. The van der Waals surface area contributed by atoms with Crippen LogP contribution < -0.4 is 46.7 Å². The molecule has 0 saturated carbocycles. The summed E-state index contributed by atoms with van der Waals surface area (Å²) in [4.78, 5) is 0. The van der Waals surface area contributed by atoms with E-state index in [0.717, 1.165) is 20.4 Å². The zero-order valence-corrected chi connectivity index (χ0v) is 24.8. The molecule has 32 heavy (non-hydrogen) atoms. The Morgan fingerprint density at radius 3 is 1.66 bits per heavy atom. The molecule has 0 amide bonds. The average Bonchev–Trinajstić information content (AvgIpc) is 2.73. The van der Waals surface area contributed by atoms with Crippen LogP contribution in [0.4, 0.5) is 0 Å². The first-order chi connectivity index (χ1) is 14.9. The molecule has 0 aliphatic heterocycles. The zero-order valence-electron chi connectivity index (χ0n) is 20.4. The molecular weight excluding hydrogens is 638 g/mol. The molecule has 0 heterocycles. The normalized spacial score (nSPS) is 11.8. The summed E-state index contributed by atoms with van der Waals surface area (Å²) in [5.41, 5.74) is 1.77. The van der Waals surface area contributed by atoms with E-state index in [1.807, 2.05) is 41.2 Å². The average molecular weight is 671 g/mol. The van der Waals surface area contributed by atoms with Crippen molar-refractivity contribution in [3.05, 3.63) is 32.9 Å². The second-order valence-corrected chi connectivity index (χ2v) is 11.7. The van der Waals surface area contributed by atoms with Crippen LogP contribution in [-0.2, 0) is 10.8 Å². The molecule has 0 atom stereocenters. The molecule has 8 heteroatoms.